The van der Waals surface area contributed by atoms with Crippen molar-refractivity contribution < 1.29 is 9.13 Å². The van der Waals surface area contributed by atoms with Crippen LogP contribution in [0.2, 0.25) is 0 Å². The standard InChI is InChI=1S/C16H23BrFNO/c1-3-19-15(16(20-4-2)12-5-6-12)9-11-7-13(17)10-14(18)8-11/h7-8,10,12,15-16,19H,3-6,9H2,1-2H3. The van der Waals surface area contributed by atoms with Crippen molar-refractivity contribution in [2.75, 3.05) is 13.2 Å². The molecule has 1 aromatic rings. The van der Waals surface area contributed by atoms with Gasteiger partial charge in [-0.15, -0.1) is 0 Å². The number of ether oxygens (including phenoxy) is 1. The summed E-state index contributed by atoms with van der Waals surface area (Å²) in [7, 11) is 0. The van der Waals surface area contributed by atoms with Crippen LogP contribution in [0.15, 0.2) is 22.7 Å². The van der Waals surface area contributed by atoms with Gasteiger partial charge in [-0.05, 0) is 62.4 Å². The molecule has 0 saturated heterocycles. The number of benzene rings is 1. The molecule has 0 amide bonds. The first-order valence-corrected chi connectivity index (χ1v) is 8.23. The summed E-state index contributed by atoms with van der Waals surface area (Å²) >= 11 is 3.36. The summed E-state index contributed by atoms with van der Waals surface area (Å²) in [6.07, 6.45) is 3.53. The molecule has 0 aliphatic heterocycles. The highest BCUT2D eigenvalue weighted by Crippen LogP contribution is 2.36. The van der Waals surface area contributed by atoms with E-state index in [2.05, 4.69) is 28.2 Å². The molecule has 1 N–H and O–H groups in total. The van der Waals surface area contributed by atoms with Crippen molar-refractivity contribution in [3.63, 3.8) is 0 Å². The van der Waals surface area contributed by atoms with Crippen molar-refractivity contribution in [2.24, 2.45) is 5.92 Å². The number of likely N-dealkylation sites (N-methyl/N-ethyl adjacent to an activating group) is 1. The zero-order chi connectivity index (χ0) is 14.5. The first-order valence-electron chi connectivity index (χ1n) is 7.44. The van der Waals surface area contributed by atoms with Crippen LogP contribution in [0.4, 0.5) is 4.39 Å². The third-order valence-electron chi connectivity index (χ3n) is 3.69. The van der Waals surface area contributed by atoms with Gasteiger partial charge in [0.25, 0.3) is 0 Å². The maximum Gasteiger partial charge on any atom is 0.124 e. The van der Waals surface area contributed by atoms with Gasteiger partial charge in [0.1, 0.15) is 5.82 Å². The lowest BCUT2D eigenvalue weighted by molar-refractivity contribution is 0.0196. The number of hydrogen-bond acceptors (Lipinski definition) is 2. The van der Waals surface area contributed by atoms with Gasteiger partial charge in [-0.25, -0.2) is 4.39 Å². The van der Waals surface area contributed by atoms with Gasteiger partial charge in [0.05, 0.1) is 6.10 Å². The Hall–Kier alpha value is -0.450. The maximum absolute atomic E-state index is 13.5. The van der Waals surface area contributed by atoms with Gasteiger partial charge in [-0.3, -0.25) is 0 Å². The van der Waals surface area contributed by atoms with E-state index in [0.717, 1.165) is 29.6 Å². The Kier molecular flexibility index (Phi) is 6.00. The molecular weight excluding hydrogens is 321 g/mol. The average Bonchev–Trinajstić information content (AvgIpc) is 3.18. The van der Waals surface area contributed by atoms with Gasteiger partial charge in [0, 0.05) is 17.1 Å². The molecule has 1 aliphatic carbocycles. The Labute approximate surface area is 129 Å². The SMILES string of the molecule is CCNC(Cc1cc(F)cc(Br)c1)C(OCC)C1CC1. The van der Waals surface area contributed by atoms with Crippen LogP contribution in [0.5, 0.6) is 0 Å². The minimum atomic E-state index is -0.191. The number of hydrogen-bond donors (Lipinski definition) is 1. The highest BCUT2D eigenvalue weighted by Gasteiger charge is 2.36. The van der Waals surface area contributed by atoms with E-state index < -0.39 is 0 Å². The molecule has 1 saturated carbocycles. The Morgan fingerprint density at radius 3 is 2.65 bits per heavy atom. The van der Waals surface area contributed by atoms with Crippen molar-refractivity contribution >= 4 is 15.9 Å². The largest absolute Gasteiger partial charge is 0.377 e. The van der Waals surface area contributed by atoms with E-state index >= 15 is 0 Å². The summed E-state index contributed by atoms with van der Waals surface area (Å²) < 4.78 is 20.2. The van der Waals surface area contributed by atoms with Crippen LogP contribution >= 0.6 is 15.9 Å². The first kappa shape index (κ1) is 15.9. The minimum Gasteiger partial charge on any atom is -0.377 e. The Morgan fingerprint density at radius 1 is 1.35 bits per heavy atom. The van der Waals surface area contributed by atoms with E-state index in [1.807, 2.05) is 13.0 Å². The van der Waals surface area contributed by atoms with Crippen LogP contribution in [0.1, 0.15) is 32.3 Å². The zero-order valence-electron chi connectivity index (χ0n) is 12.2. The fourth-order valence-electron chi connectivity index (χ4n) is 2.75. The molecule has 0 spiro atoms. The predicted molar refractivity (Wildman–Crippen MR) is 83.4 cm³/mol. The number of rotatable bonds is 8. The van der Waals surface area contributed by atoms with E-state index in [1.165, 1.54) is 18.9 Å². The van der Waals surface area contributed by atoms with Crippen LogP contribution in [-0.2, 0) is 11.2 Å². The Bertz CT molecular complexity index is 416. The third kappa shape index (κ3) is 4.54. The monoisotopic (exact) mass is 343 g/mol. The lowest BCUT2D eigenvalue weighted by atomic mass is 9.98. The number of halogens is 2. The van der Waals surface area contributed by atoms with Crippen LogP contribution in [0.25, 0.3) is 0 Å². The van der Waals surface area contributed by atoms with Crippen LogP contribution in [0.3, 0.4) is 0 Å². The van der Waals surface area contributed by atoms with E-state index in [0.29, 0.717) is 5.92 Å². The van der Waals surface area contributed by atoms with E-state index in [4.69, 9.17) is 4.74 Å². The summed E-state index contributed by atoms with van der Waals surface area (Å²) in [6, 6.07) is 5.35. The zero-order valence-corrected chi connectivity index (χ0v) is 13.7. The molecule has 112 valence electrons. The summed E-state index contributed by atoms with van der Waals surface area (Å²) in [5, 5.41) is 3.51. The second-order valence-electron chi connectivity index (χ2n) is 5.40. The molecule has 20 heavy (non-hydrogen) atoms. The van der Waals surface area contributed by atoms with Gasteiger partial charge < -0.3 is 10.1 Å². The quantitative estimate of drug-likeness (QED) is 0.772. The fourth-order valence-corrected chi connectivity index (χ4v) is 3.26. The maximum atomic E-state index is 13.5. The van der Waals surface area contributed by atoms with Crippen LogP contribution < -0.4 is 5.32 Å². The molecule has 1 aromatic carbocycles. The Balaban J connectivity index is 2.10. The molecule has 2 rings (SSSR count). The lowest BCUT2D eigenvalue weighted by Crippen LogP contribution is -2.44. The topological polar surface area (TPSA) is 21.3 Å². The smallest absolute Gasteiger partial charge is 0.124 e. The van der Waals surface area contributed by atoms with Gasteiger partial charge in [-0.2, -0.15) is 0 Å². The minimum absolute atomic E-state index is 0.191. The van der Waals surface area contributed by atoms with Gasteiger partial charge >= 0.3 is 0 Å². The van der Waals surface area contributed by atoms with E-state index in [9.17, 15) is 4.39 Å². The second-order valence-corrected chi connectivity index (χ2v) is 6.32. The van der Waals surface area contributed by atoms with E-state index in [-0.39, 0.29) is 18.0 Å². The normalized spacial score (nSPS) is 18.0. The molecule has 2 unspecified atom stereocenters. The summed E-state index contributed by atoms with van der Waals surface area (Å²) in [5.74, 6) is 0.472. The molecule has 0 bridgehead atoms. The summed E-state index contributed by atoms with van der Waals surface area (Å²) in [4.78, 5) is 0. The highest BCUT2D eigenvalue weighted by molar-refractivity contribution is 9.10. The molecule has 0 heterocycles. The van der Waals surface area contributed by atoms with Gasteiger partial charge in [-0.1, -0.05) is 22.9 Å². The van der Waals surface area contributed by atoms with Crippen LogP contribution in [-0.4, -0.2) is 25.3 Å². The Morgan fingerprint density at radius 2 is 2.10 bits per heavy atom. The molecule has 0 radical (unpaired) electrons. The molecule has 0 aromatic heterocycles. The average molecular weight is 344 g/mol. The van der Waals surface area contributed by atoms with Crippen LogP contribution in [0, 0.1) is 11.7 Å². The molecular formula is C16H23BrFNO. The van der Waals surface area contributed by atoms with Crippen molar-refractivity contribution in [1.82, 2.24) is 5.32 Å². The molecule has 4 heteroatoms. The molecule has 2 nitrogen and oxygen atoms in total. The van der Waals surface area contributed by atoms with Crippen molar-refractivity contribution in [3.8, 4) is 0 Å². The third-order valence-corrected chi connectivity index (χ3v) is 4.14. The summed E-state index contributed by atoms with van der Waals surface area (Å²) in [6.45, 7) is 5.77. The molecule has 1 aliphatic rings. The van der Waals surface area contributed by atoms with E-state index in [1.54, 1.807) is 6.07 Å². The van der Waals surface area contributed by atoms with Gasteiger partial charge in [0.15, 0.2) is 0 Å². The first-order chi connectivity index (χ1) is 9.63. The van der Waals surface area contributed by atoms with Crippen molar-refractivity contribution in [1.29, 1.82) is 0 Å². The highest BCUT2D eigenvalue weighted by atomic mass is 79.9. The van der Waals surface area contributed by atoms with Crippen molar-refractivity contribution in [2.45, 2.75) is 45.3 Å². The molecule has 1 fully saturated rings. The number of nitrogens with one attached hydrogen (secondary N) is 1. The fraction of sp³-hybridized carbons (Fsp3) is 0.625. The van der Waals surface area contributed by atoms with Gasteiger partial charge in [0.2, 0.25) is 0 Å². The molecule has 2 atom stereocenters. The second kappa shape index (κ2) is 7.53. The predicted octanol–water partition coefficient (Wildman–Crippen LogP) is 3.92. The van der Waals surface area contributed by atoms with Crippen molar-refractivity contribution in [3.05, 3.63) is 34.1 Å². The lowest BCUT2D eigenvalue weighted by Gasteiger charge is -2.28. The summed E-state index contributed by atoms with van der Waals surface area (Å²) in [5.41, 5.74) is 1.01.